The molecule has 0 radical (unpaired) electrons. The molecule has 0 saturated carbocycles. The summed E-state index contributed by atoms with van der Waals surface area (Å²) >= 11 is 0. The van der Waals surface area contributed by atoms with Gasteiger partial charge in [-0.1, -0.05) is 32.9 Å². The van der Waals surface area contributed by atoms with Gasteiger partial charge < -0.3 is 9.72 Å². The molecule has 0 aliphatic carbocycles. The lowest BCUT2D eigenvalue weighted by atomic mass is 9.85. The summed E-state index contributed by atoms with van der Waals surface area (Å²) in [5.74, 6) is 1.47. The SMILES string of the molecule is CC(C)(C)c1nn(-c2nc3ccccc3[nH]2)cc1CC1CCOCC1. The molecule has 1 aliphatic heterocycles. The Morgan fingerprint density at radius 2 is 1.96 bits per heavy atom. The summed E-state index contributed by atoms with van der Waals surface area (Å²) in [5.41, 5.74) is 4.52. The van der Waals surface area contributed by atoms with Crippen molar-refractivity contribution in [3.63, 3.8) is 0 Å². The molecule has 5 heteroatoms. The second-order valence-corrected chi connectivity index (χ2v) is 8.03. The number of fused-ring (bicyclic) bond motifs is 1. The van der Waals surface area contributed by atoms with Gasteiger partial charge in [0.1, 0.15) is 0 Å². The summed E-state index contributed by atoms with van der Waals surface area (Å²) in [6, 6.07) is 8.09. The highest BCUT2D eigenvalue weighted by molar-refractivity contribution is 5.75. The predicted molar refractivity (Wildman–Crippen MR) is 99.2 cm³/mol. The van der Waals surface area contributed by atoms with Crippen molar-refractivity contribution in [3.8, 4) is 5.95 Å². The number of hydrogen-bond donors (Lipinski definition) is 1. The van der Waals surface area contributed by atoms with Crippen LogP contribution in [-0.4, -0.2) is 33.0 Å². The molecule has 25 heavy (non-hydrogen) atoms. The fourth-order valence-corrected chi connectivity index (χ4v) is 3.61. The average molecular weight is 338 g/mol. The van der Waals surface area contributed by atoms with Gasteiger partial charge in [-0.25, -0.2) is 9.67 Å². The van der Waals surface area contributed by atoms with Crippen molar-refractivity contribution in [2.24, 2.45) is 5.92 Å². The molecule has 1 fully saturated rings. The lowest BCUT2D eigenvalue weighted by Crippen LogP contribution is -2.20. The number of ether oxygens (including phenoxy) is 1. The number of H-pyrrole nitrogens is 1. The number of aromatic amines is 1. The third-order valence-corrected chi connectivity index (χ3v) is 4.94. The van der Waals surface area contributed by atoms with Crippen LogP contribution in [0.15, 0.2) is 30.5 Å². The van der Waals surface area contributed by atoms with E-state index in [4.69, 9.17) is 14.8 Å². The Hall–Kier alpha value is -2.14. The van der Waals surface area contributed by atoms with Crippen LogP contribution in [0, 0.1) is 5.92 Å². The topological polar surface area (TPSA) is 55.7 Å². The van der Waals surface area contributed by atoms with E-state index in [0.29, 0.717) is 5.92 Å². The van der Waals surface area contributed by atoms with Crippen LogP contribution in [0.2, 0.25) is 0 Å². The molecule has 5 nitrogen and oxygen atoms in total. The van der Waals surface area contributed by atoms with Crippen molar-refractivity contribution in [2.75, 3.05) is 13.2 Å². The van der Waals surface area contributed by atoms with Crippen molar-refractivity contribution < 1.29 is 4.74 Å². The molecule has 0 spiro atoms. The summed E-state index contributed by atoms with van der Waals surface area (Å²) in [6.45, 7) is 8.45. The molecule has 0 amide bonds. The van der Waals surface area contributed by atoms with Gasteiger partial charge in [0.15, 0.2) is 0 Å². The molecule has 2 aromatic heterocycles. The fraction of sp³-hybridized carbons (Fsp3) is 0.500. The van der Waals surface area contributed by atoms with Gasteiger partial charge in [0.05, 0.1) is 16.7 Å². The van der Waals surface area contributed by atoms with Gasteiger partial charge in [-0.3, -0.25) is 0 Å². The van der Waals surface area contributed by atoms with Gasteiger partial charge in [-0.15, -0.1) is 0 Å². The first-order chi connectivity index (χ1) is 12.0. The Bertz CT molecular complexity index is 832. The first kappa shape index (κ1) is 16.3. The van der Waals surface area contributed by atoms with Gasteiger partial charge in [-0.2, -0.15) is 5.10 Å². The Morgan fingerprint density at radius 1 is 1.20 bits per heavy atom. The van der Waals surface area contributed by atoms with Gasteiger partial charge in [0.25, 0.3) is 0 Å². The second-order valence-electron chi connectivity index (χ2n) is 8.03. The number of nitrogens with zero attached hydrogens (tertiary/aromatic N) is 3. The summed E-state index contributed by atoms with van der Waals surface area (Å²) in [6.07, 6.45) is 5.50. The van der Waals surface area contributed by atoms with Gasteiger partial charge in [-0.05, 0) is 42.9 Å². The average Bonchev–Trinajstić information content (AvgIpc) is 3.19. The van der Waals surface area contributed by atoms with Crippen molar-refractivity contribution in [2.45, 2.75) is 45.4 Å². The van der Waals surface area contributed by atoms with Crippen molar-refractivity contribution >= 4 is 11.0 Å². The zero-order valence-electron chi connectivity index (χ0n) is 15.2. The van der Waals surface area contributed by atoms with Crippen LogP contribution in [0.25, 0.3) is 17.0 Å². The maximum atomic E-state index is 5.51. The molecule has 132 valence electrons. The number of aromatic nitrogens is 4. The second kappa shape index (κ2) is 6.30. The molecular weight excluding hydrogens is 312 g/mol. The van der Waals surface area contributed by atoms with Crippen LogP contribution in [0.1, 0.15) is 44.9 Å². The maximum absolute atomic E-state index is 5.51. The van der Waals surface area contributed by atoms with E-state index in [1.807, 2.05) is 28.9 Å². The minimum Gasteiger partial charge on any atom is -0.381 e. The lowest BCUT2D eigenvalue weighted by Gasteiger charge is -2.23. The Labute approximate surface area is 148 Å². The maximum Gasteiger partial charge on any atom is 0.229 e. The fourth-order valence-electron chi connectivity index (χ4n) is 3.61. The van der Waals surface area contributed by atoms with Crippen LogP contribution in [0.4, 0.5) is 0 Å². The highest BCUT2D eigenvalue weighted by atomic mass is 16.5. The highest BCUT2D eigenvalue weighted by Crippen LogP contribution is 2.29. The van der Waals surface area contributed by atoms with Crippen LogP contribution in [0.5, 0.6) is 0 Å². The first-order valence-electron chi connectivity index (χ1n) is 9.12. The molecular formula is C20H26N4O. The third kappa shape index (κ3) is 3.33. The number of hydrogen-bond acceptors (Lipinski definition) is 3. The molecule has 3 heterocycles. The van der Waals surface area contributed by atoms with E-state index < -0.39 is 0 Å². The van der Waals surface area contributed by atoms with E-state index in [1.54, 1.807) is 0 Å². The predicted octanol–water partition coefficient (Wildman–Crippen LogP) is 4.02. The first-order valence-corrected chi connectivity index (χ1v) is 9.12. The molecule has 4 rings (SSSR count). The molecule has 1 N–H and O–H groups in total. The molecule has 1 aromatic carbocycles. The number of benzene rings is 1. The van der Waals surface area contributed by atoms with Crippen LogP contribution >= 0.6 is 0 Å². The monoisotopic (exact) mass is 338 g/mol. The van der Waals surface area contributed by atoms with Crippen molar-refractivity contribution in [3.05, 3.63) is 41.7 Å². The summed E-state index contributed by atoms with van der Waals surface area (Å²) < 4.78 is 7.42. The molecule has 0 unspecified atom stereocenters. The quantitative estimate of drug-likeness (QED) is 0.785. The van der Waals surface area contributed by atoms with Gasteiger partial charge >= 0.3 is 0 Å². The minimum atomic E-state index is 0.0117. The summed E-state index contributed by atoms with van der Waals surface area (Å²) in [4.78, 5) is 8.07. The normalized spacial score (nSPS) is 16.6. The zero-order valence-corrected chi connectivity index (χ0v) is 15.2. The van der Waals surface area contributed by atoms with Gasteiger partial charge in [0.2, 0.25) is 5.95 Å². The lowest BCUT2D eigenvalue weighted by molar-refractivity contribution is 0.0664. The minimum absolute atomic E-state index is 0.0117. The summed E-state index contributed by atoms with van der Waals surface area (Å²) in [5, 5.41) is 4.90. The van der Waals surface area contributed by atoms with Crippen molar-refractivity contribution in [1.82, 2.24) is 19.7 Å². The van der Waals surface area contributed by atoms with Crippen LogP contribution < -0.4 is 0 Å². The van der Waals surface area contributed by atoms with Crippen LogP contribution in [-0.2, 0) is 16.6 Å². The number of imidazole rings is 1. The Kier molecular flexibility index (Phi) is 4.12. The molecule has 0 bridgehead atoms. The number of nitrogens with one attached hydrogen (secondary N) is 1. The van der Waals surface area contributed by atoms with Crippen molar-refractivity contribution in [1.29, 1.82) is 0 Å². The van der Waals surface area contributed by atoms with E-state index in [-0.39, 0.29) is 5.41 Å². The van der Waals surface area contributed by atoms with E-state index in [0.717, 1.165) is 49.5 Å². The van der Waals surface area contributed by atoms with Gasteiger partial charge in [0, 0.05) is 24.8 Å². The van der Waals surface area contributed by atoms with E-state index in [1.165, 1.54) is 11.3 Å². The smallest absolute Gasteiger partial charge is 0.229 e. The molecule has 0 atom stereocenters. The number of rotatable bonds is 3. The molecule has 1 aliphatic rings. The van der Waals surface area contributed by atoms with E-state index in [2.05, 4.69) is 32.0 Å². The summed E-state index contributed by atoms with van der Waals surface area (Å²) in [7, 11) is 0. The Balaban J connectivity index is 1.70. The van der Waals surface area contributed by atoms with Crippen LogP contribution in [0.3, 0.4) is 0 Å². The zero-order chi connectivity index (χ0) is 17.4. The standard InChI is InChI=1S/C20H26N4O/c1-20(2,3)18-15(12-14-8-10-25-11-9-14)13-24(23-18)19-21-16-6-4-5-7-17(16)22-19/h4-7,13-14H,8-12H2,1-3H3,(H,21,22). The third-order valence-electron chi connectivity index (χ3n) is 4.94. The number of para-hydroxylation sites is 2. The van der Waals surface area contributed by atoms with E-state index in [9.17, 15) is 0 Å². The largest absolute Gasteiger partial charge is 0.381 e. The Morgan fingerprint density at radius 3 is 2.68 bits per heavy atom. The highest BCUT2D eigenvalue weighted by Gasteiger charge is 2.26. The molecule has 3 aromatic rings. The molecule has 1 saturated heterocycles. The van der Waals surface area contributed by atoms with E-state index >= 15 is 0 Å².